The van der Waals surface area contributed by atoms with E-state index in [1.807, 2.05) is 0 Å². The fraction of sp³-hybridized carbons (Fsp3) is 0.273. The van der Waals surface area contributed by atoms with Gasteiger partial charge < -0.3 is 15.3 Å². The first kappa shape index (κ1) is 12.3. The summed E-state index contributed by atoms with van der Waals surface area (Å²) in [5, 5.41) is 10.9. The van der Waals surface area contributed by atoms with E-state index in [2.05, 4.69) is 5.32 Å². The number of hydrogen-bond donors (Lipinski definition) is 2. The van der Waals surface area contributed by atoms with Gasteiger partial charge in [-0.15, -0.1) is 0 Å². The molecule has 2 amide bonds. The second-order valence-corrected chi connectivity index (χ2v) is 4.03. The predicted molar refractivity (Wildman–Crippen MR) is 58.1 cm³/mol. The van der Waals surface area contributed by atoms with E-state index in [1.165, 1.54) is 4.90 Å². The van der Waals surface area contributed by atoms with Crippen LogP contribution in [-0.2, 0) is 4.79 Å². The van der Waals surface area contributed by atoms with E-state index < -0.39 is 29.6 Å². The Morgan fingerprint density at radius 2 is 1.78 bits per heavy atom. The summed E-state index contributed by atoms with van der Waals surface area (Å²) in [7, 11) is 0. The minimum absolute atomic E-state index is 0.00345. The van der Waals surface area contributed by atoms with E-state index in [0.29, 0.717) is 6.07 Å². The van der Waals surface area contributed by atoms with Gasteiger partial charge in [0.15, 0.2) is 0 Å². The van der Waals surface area contributed by atoms with Crippen LogP contribution < -0.4 is 5.32 Å². The molecule has 1 heterocycles. The fourth-order valence-electron chi connectivity index (χ4n) is 1.63. The summed E-state index contributed by atoms with van der Waals surface area (Å²) < 4.78 is 25.7. The van der Waals surface area contributed by atoms with Gasteiger partial charge in [-0.1, -0.05) is 0 Å². The van der Waals surface area contributed by atoms with Gasteiger partial charge in [0.1, 0.15) is 11.6 Å². The lowest BCUT2D eigenvalue weighted by molar-refractivity contribution is -0.145. The molecule has 0 aromatic heterocycles. The molecule has 2 rings (SSSR count). The number of likely N-dealkylation sites (tertiary alicyclic amines) is 1. The molecule has 0 atom stereocenters. The number of aliphatic carboxylic acids is 1. The molecule has 0 saturated carbocycles. The maximum absolute atomic E-state index is 12.9. The van der Waals surface area contributed by atoms with Crippen LogP contribution in [0.15, 0.2) is 18.2 Å². The summed E-state index contributed by atoms with van der Waals surface area (Å²) in [6.07, 6.45) is 0. The average Bonchev–Trinajstić information content (AvgIpc) is 2.11. The van der Waals surface area contributed by atoms with Crippen molar-refractivity contribution >= 4 is 17.7 Å². The Hall–Kier alpha value is -2.18. The number of carbonyl (C=O) groups is 2. The Labute approximate surface area is 101 Å². The normalized spacial score (nSPS) is 15.1. The van der Waals surface area contributed by atoms with Crippen LogP contribution in [0.2, 0.25) is 0 Å². The second kappa shape index (κ2) is 4.59. The zero-order chi connectivity index (χ0) is 13.3. The second-order valence-electron chi connectivity index (χ2n) is 4.03. The largest absolute Gasteiger partial charge is 0.481 e. The van der Waals surface area contributed by atoms with Gasteiger partial charge in [0.05, 0.1) is 5.92 Å². The van der Waals surface area contributed by atoms with E-state index in [-0.39, 0.29) is 18.8 Å². The molecule has 1 aliphatic heterocycles. The summed E-state index contributed by atoms with van der Waals surface area (Å²) in [5.74, 6) is -3.12. The topological polar surface area (TPSA) is 69.6 Å². The van der Waals surface area contributed by atoms with Crippen molar-refractivity contribution in [3.63, 3.8) is 0 Å². The summed E-state index contributed by atoms with van der Waals surface area (Å²) in [6, 6.07) is 2.09. The van der Waals surface area contributed by atoms with Gasteiger partial charge in [-0.2, -0.15) is 0 Å². The number of carboxylic acid groups (broad SMARTS) is 1. The molecule has 1 aromatic rings. The molecule has 2 N–H and O–H groups in total. The van der Waals surface area contributed by atoms with Gasteiger partial charge in [0, 0.05) is 24.8 Å². The number of benzene rings is 1. The molecule has 7 heteroatoms. The Morgan fingerprint density at radius 1 is 1.22 bits per heavy atom. The first-order chi connectivity index (χ1) is 8.45. The van der Waals surface area contributed by atoms with Crippen LogP contribution in [0.5, 0.6) is 0 Å². The van der Waals surface area contributed by atoms with E-state index in [0.717, 1.165) is 12.1 Å². The number of halogens is 2. The van der Waals surface area contributed by atoms with Gasteiger partial charge in [-0.05, 0) is 12.1 Å². The molecule has 1 aliphatic rings. The maximum atomic E-state index is 12.9. The van der Waals surface area contributed by atoms with Crippen molar-refractivity contribution in [3.8, 4) is 0 Å². The van der Waals surface area contributed by atoms with E-state index in [9.17, 15) is 18.4 Å². The molecule has 0 unspecified atom stereocenters. The van der Waals surface area contributed by atoms with E-state index >= 15 is 0 Å². The Bertz CT molecular complexity index is 481. The fourth-order valence-corrected chi connectivity index (χ4v) is 1.63. The minimum atomic E-state index is -0.962. The third-order valence-electron chi connectivity index (χ3n) is 2.63. The van der Waals surface area contributed by atoms with Gasteiger partial charge in [0.25, 0.3) is 0 Å². The molecule has 1 aromatic carbocycles. The number of anilines is 1. The number of nitrogens with one attached hydrogen (secondary N) is 1. The van der Waals surface area contributed by atoms with Gasteiger partial charge in [0.2, 0.25) is 0 Å². The lowest BCUT2D eigenvalue weighted by Crippen LogP contribution is -2.54. The van der Waals surface area contributed by atoms with Crippen molar-refractivity contribution in [2.75, 3.05) is 18.4 Å². The highest BCUT2D eigenvalue weighted by molar-refractivity contribution is 5.91. The van der Waals surface area contributed by atoms with E-state index in [4.69, 9.17) is 5.11 Å². The van der Waals surface area contributed by atoms with Crippen LogP contribution in [0, 0.1) is 17.6 Å². The van der Waals surface area contributed by atoms with Gasteiger partial charge >= 0.3 is 12.0 Å². The first-order valence-electron chi connectivity index (χ1n) is 5.20. The van der Waals surface area contributed by atoms with E-state index in [1.54, 1.807) is 0 Å². The minimum Gasteiger partial charge on any atom is -0.481 e. The number of rotatable bonds is 2. The molecule has 0 spiro atoms. The number of carbonyl (C=O) groups excluding carboxylic acids is 1. The molecule has 18 heavy (non-hydrogen) atoms. The molecular formula is C11H10F2N2O3. The highest BCUT2D eigenvalue weighted by Gasteiger charge is 2.35. The van der Waals surface area contributed by atoms with Crippen LogP contribution in [0.3, 0.4) is 0 Å². The smallest absolute Gasteiger partial charge is 0.321 e. The zero-order valence-corrected chi connectivity index (χ0v) is 9.19. The molecule has 96 valence electrons. The average molecular weight is 256 g/mol. The quantitative estimate of drug-likeness (QED) is 0.842. The highest BCUT2D eigenvalue weighted by Crippen LogP contribution is 2.18. The highest BCUT2D eigenvalue weighted by atomic mass is 19.1. The zero-order valence-electron chi connectivity index (χ0n) is 9.19. The van der Waals surface area contributed by atoms with Crippen molar-refractivity contribution in [1.29, 1.82) is 0 Å². The molecule has 1 saturated heterocycles. The number of amides is 2. The van der Waals surface area contributed by atoms with Crippen LogP contribution in [0.4, 0.5) is 19.3 Å². The number of carboxylic acids is 1. The lowest BCUT2D eigenvalue weighted by Gasteiger charge is -2.36. The van der Waals surface area contributed by atoms with Crippen LogP contribution in [0.1, 0.15) is 0 Å². The van der Waals surface area contributed by atoms with Crippen LogP contribution in [0.25, 0.3) is 0 Å². The molecule has 5 nitrogen and oxygen atoms in total. The molecule has 0 aliphatic carbocycles. The van der Waals surface area contributed by atoms with Gasteiger partial charge in [-0.25, -0.2) is 13.6 Å². The SMILES string of the molecule is O=C(O)C1CN(C(=O)Nc2cc(F)cc(F)c2)C1. The number of nitrogens with zero attached hydrogens (tertiary/aromatic N) is 1. The Balaban J connectivity index is 1.94. The Morgan fingerprint density at radius 3 is 2.28 bits per heavy atom. The predicted octanol–water partition coefficient (Wildman–Crippen LogP) is 1.51. The number of urea groups is 1. The van der Waals surface area contributed by atoms with Crippen LogP contribution in [-0.4, -0.2) is 35.1 Å². The van der Waals surface area contributed by atoms with Crippen molar-refractivity contribution < 1.29 is 23.5 Å². The lowest BCUT2D eigenvalue weighted by atomic mass is 10.0. The summed E-state index contributed by atoms with van der Waals surface area (Å²) in [6.45, 7) is 0.192. The molecule has 0 radical (unpaired) electrons. The van der Waals surface area contributed by atoms with Crippen LogP contribution >= 0.6 is 0 Å². The van der Waals surface area contributed by atoms with Crippen molar-refractivity contribution in [1.82, 2.24) is 4.90 Å². The Kier molecular flexibility index (Phi) is 3.14. The summed E-state index contributed by atoms with van der Waals surface area (Å²) in [4.78, 5) is 23.4. The summed E-state index contributed by atoms with van der Waals surface area (Å²) >= 11 is 0. The molecule has 1 fully saturated rings. The summed E-state index contributed by atoms with van der Waals surface area (Å²) in [5.41, 5.74) is -0.00345. The third kappa shape index (κ3) is 2.55. The monoisotopic (exact) mass is 256 g/mol. The van der Waals surface area contributed by atoms with Crippen molar-refractivity contribution in [2.24, 2.45) is 5.92 Å². The maximum Gasteiger partial charge on any atom is 0.321 e. The van der Waals surface area contributed by atoms with Crippen molar-refractivity contribution in [2.45, 2.75) is 0 Å². The third-order valence-corrected chi connectivity index (χ3v) is 2.63. The molecule has 0 bridgehead atoms. The standard InChI is InChI=1S/C11H10F2N2O3/c12-7-1-8(13)3-9(2-7)14-11(18)15-4-6(5-15)10(16)17/h1-3,6H,4-5H2,(H,14,18)(H,16,17). The van der Waals surface area contributed by atoms with Gasteiger partial charge in [-0.3, -0.25) is 4.79 Å². The molecular weight excluding hydrogens is 246 g/mol. The number of hydrogen-bond acceptors (Lipinski definition) is 2. The first-order valence-corrected chi connectivity index (χ1v) is 5.20. The van der Waals surface area contributed by atoms with Crippen molar-refractivity contribution in [3.05, 3.63) is 29.8 Å².